The third-order valence-electron chi connectivity index (χ3n) is 4.45. The summed E-state index contributed by atoms with van der Waals surface area (Å²) in [6, 6.07) is 15.8. The van der Waals surface area contributed by atoms with Crippen LogP contribution in [0.15, 0.2) is 65.5 Å². The van der Waals surface area contributed by atoms with Crippen molar-refractivity contribution in [3.05, 3.63) is 76.9 Å². The van der Waals surface area contributed by atoms with Crippen LogP contribution < -0.4 is 4.74 Å². The van der Waals surface area contributed by atoms with Crippen molar-refractivity contribution >= 4 is 32.6 Å². The van der Waals surface area contributed by atoms with Crippen LogP contribution in [0.3, 0.4) is 0 Å². The van der Waals surface area contributed by atoms with Gasteiger partial charge in [0.1, 0.15) is 18.7 Å². The lowest BCUT2D eigenvalue weighted by Crippen LogP contribution is -2.00. The van der Waals surface area contributed by atoms with Gasteiger partial charge in [0.15, 0.2) is 17.1 Å². The summed E-state index contributed by atoms with van der Waals surface area (Å²) >= 11 is 3.49. The smallest absolute Gasteiger partial charge is 0.189 e. The van der Waals surface area contributed by atoms with Crippen LogP contribution in [0, 0.1) is 6.92 Å². The van der Waals surface area contributed by atoms with Crippen molar-refractivity contribution in [1.82, 2.24) is 29.4 Å². The van der Waals surface area contributed by atoms with Crippen LogP contribution in [0.5, 0.6) is 5.75 Å². The average Bonchev–Trinajstić information content (AvgIpc) is 3.31. The Bertz CT molecular complexity index is 1310. The molecule has 0 unspecified atom stereocenters. The van der Waals surface area contributed by atoms with E-state index in [9.17, 15) is 0 Å². The molecule has 0 saturated carbocycles. The van der Waals surface area contributed by atoms with E-state index in [1.807, 2.05) is 55.5 Å². The molecule has 2 aromatic carbocycles. The van der Waals surface area contributed by atoms with Gasteiger partial charge in [-0.3, -0.25) is 0 Å². The predicted molar refractivity (Wildman–Crippen MR) is 109 cm³/mol. The summed E-state index contributed by atoms with van der Waals surface area (Å²) in [5, 5.41) is 9.80. The summed E-state index contributed by atoms with van der Waals surface area (Å²) in [6.07, 6.45) is 3.41. The average molecular weight is 435 g/mol. The Hall–Kier alpha value is -3.26. The Labute approximate surface area is 168 Å². The van der Waals surface area contributed by atoms with E-state index in [1.165, 1.54) is 0 Å². The molecule has 138 valence electrons. The van der Waals surface area contributed by atoms with Crippen molar-refractivity contribution < 1.29 is 4.74 Å². The Morgan fingerprint density at radius 3 is 2.82 bits per heavy atom. The fourth-order valence-electron chi connectivity index (χ4n) is 3.08. The molecule has 7 nitrogen and oxygen atoms in total. The first kappa shape index (κ1) is 16.9. The van der Waals surface area contributed by atoms with Gasteiger partial charge >= 0.3 is 0 Å². The van der Waals surface area contributed by atoms with Gasteiger partial charge in [0.2, 0.25) is 0 Å². The summed E-state index contributed by atoms with van der Waals surface area (Å²) in [6.45, 7) is 2.30. The number of para-hydroxylation sites is 1. The number of fused-ring (bicyclic) bond motifs is 3. The van der Waals surface area contributed by atoms with E-state index in [0.717, 1.165) is 32.5 Å². The van der Waals surface area contributed by atoms with Gasteiger partial charge in [-0.2, -0.15) is 5.10 Å². The molecule has 0 N–H and O–H groups in total. The minimum absolute atomic E-state index is 0.286. The topological polar surface area (TPSA) is 70.1 Å². The van der Waals surface area contributed by atoms with E-state index in [2.05, 4.69) is 36.1 Å². The zero-order chi connectivity index (χ0) is 19.1. The maximum Gasteiger partial charge on any atom is 0.189 e. The highest BCUT2D eigenvalue weighted by atomic mass is 79.9. The van der Waals surface area contributed by atoms with Gasteiger partial charge in [0, 0.05) is 4.47 Å². The number of nitrogens with zero attached hydrogens (tertiary/aromatic N) is 6. The molecule has 0 atom stereocenters. The number of halogens is 1. The summed E-state index contributed by atoms with van der Waals surface area (Å²) in [5.41, 5.74) is 3.42. The van der Waals surface area contributed by atoms with Gasteiger partial charge in [-0.15, -0.1) is 5.10 Å². The first-order valence-electron chi connectivity index (χ1n) is 8.71. The quantitative estimate of drug-likeness (QED) is 0.425. The maximum absolute atomic E-state index is 5.87. The lowest BCUT2D eigenvalue weighted by molar-refractivity contribution is 0.294. The number of benzene rings is 2. The predicted octanol–water partition coefficient (Wildman–Crippen LogP) is 4.11. The van der Waals surface area contributed by atoms with Crippen molar-refractivity contribution in [2.24, 2.45) is 0 Å². The normalized spacial score (nSPS) is 11.4. The highest BCUT2D eigenvalue weighted by Gasteiger charge is 2.14. The Morgan fingerprint density at radius 1 is 1.07 bits per heavy atom. The number of rotatable bonds is 4. The fourth-order valence-corrected chi connectivity index (χ4v) is 3.47. The Balaban J connectivity index is 1.51. The lowest BCUT2D eigenvalue weighted by atomic mass is 10.2. The summed E-state index contributed by atoms with van der Waals surface area (Å²) in [7, 11) is 0. The molecule has 0 spiro atoms. The molecule has 5 rings (SSSR count). The molecular formula is C20H15BrN6O. The van der Waals surface area contributed by atoms with Crippen molar-refractivity contribution in [2.75, 3.05) is 0 Å². The molecule has 28 heavy (non-hydrogen) atoms. The first-order valence-corrected chi connectivity index (χ1v) is 9.51. The van der Waals surface area contributed by atoms with E-state index in [-0.39, 0.29) is 6.61 Å². The number of hydrogen-bond acceptors (Lipinski definition) is 5. The van der Waals surface area contributed by atoms with Crippen LogP contribution in [0.2, 0.25) is 0 Å². The zero-order valence-electron chi connectivity index (χ0n) is 15.0. The van der Waals surface area contributed by atoms with Crippen LogP contribution in [-0.4, -0.2) is 29.4 Å². The molecule has 0 saturated heterocycles. The molecule has 0 fully saturated rings. The van der Waals surface area contributed by atoms with Gasteiger partial charge in [-0.1, -0.05) is 40.2 Å². The molecule has 3 aromatic heterocycles. The third kappa shape index (κ3) is 2.91. The van der Waals surface area contributed by atoms with Gasteiger partial charge in [-0.25, -0.2) is 19.2 Å². The standard InChI is InChI=1S/C20H15BrN6O/c1-13-5-2-3-8-17(13)28-11-18-24-20-16-10-23-27(15-7-4-6-14(21)9-15)19(16)22-12-26(20)25-18/h2-10,12H,11H2,1H3. The van der Waals surface area contributed by atoms with E-state index in [0.29, 0.717) is 11.5 Å². The van der Waals surface area contributed by atoms with Crippen LogP contribution in [0.1, 0.15) is 11.4 Å². The molecule has 0 aliphatic heterocycles. The van der Waals surface area contributed by atoms with Crippen LogP contribution in [0.25, 0.3) is 22.4 Å². The number of hydrogen-bond donors (Lipinski definition) is 0. The van der Waals surface area contributed by atoms with Crippen molar-refractivity contribution in [2.45, 2.75) is 13.5 Å². The second-order valence-corrected chi connectivity index (χ2v) is 7.28. The Morgan fingerprint density at radius 2 is 1.96 bits per heavy atom. The molecule has 5 aromatic rings. The van der Waals surface area contributed by atoms with Gasteiger partial charge in [0.05, 0.1) is 17.3 Å². The van der Waals surface area contributed by atoms with Crippen LogP contribution in [-0.2, 0) is 6.61 Å². The second-order valence-electron chi connectivity index (χ2n) is 6.37. The minimum Gasteiger partial charge on any atom is -0.485 e. The van der Waals surface area contributed by atoms with E-state index < -0.39 is 0 Å². The van der Waals surface area contributed by atoms with Gasteiger partial charge in [0.25, 0.3) is 0 Å². The molecule has 0 bridgehead atoms. The Kier molecular flexibility index (Phi) is 4.05. The molecule has 0 amide bonds. The van der Waals surface area contributed by atoms with Crippen LogP contribution in [0.4, 0.5) is 0 Å². The number of aryl methyl sites for hydroxylation is 1. The lowest BCUT2D eigenvalue weighted by Gasteiger charge is -2.05. The van der Waals surface area contributed by atoms with E-state index >= 15 is 0 Å². The molecule has 8 heteroatoms. The summed E-state index contributed by atoms with van der Waals surface area (Å²) in [5.74, 6) is 1.42. The number of ether oxygens (including phenoxy) is 1. The van der Waals surface area contributed by atoms with Gasteiger partial charge in [-0.05, 0) is 36.8 Å². The maximum atomic E-state index is 5.87. The van der Waals surface area contributed by atoms with E-state index in [1.54, 1.807) is 21.7 Å². The SMILES string of the molecule is Cc1ccccc1OCc1nc2c3cnn(-c4cccc(Br)c4)c3ncn2n1. The second kappa shape index (κ2) is 6.72. The zero-order valence-corrected chi connectivity index (χ0v) is 16.5. The molecule has 0 aliphatic rings. The minimum atomic E-state index is 0.286. The molecule has 3 heterocycles. The highest BCUT2D eigenvalue weighted by Crippen LogP contribution is 2.22. The van der Waals surface area contributed by atoms with E-state index in [4.69, 9.17) is 4.74 Å². The van der Waals surface area contributed by atoms with Gasteiger partial charge < -0.3 is 4.74 Å². The van der Waals surface area contributed by atoms with Crippen molar-refractivity contribution in [3.63, 3.8) is 0 Å². The first-order chi connectivity index (χ1) is 13.7. The summed E-state index contributed by atoms with van der Waals surface area (Å²) < 4.78 is 10.3. The van der Waals surface area contributed by atoms with Crippen molar-refractivity contribution in [3.8, 4) is 11.4 Å². The monoisotopic (exact) mass is 434 g/mol. The number of aromatic nitrogens is 6. The largest absolute Gasteiger partial charge is 0.485 e. The molecular weight excluding hydrogens is 420 g/mol. The molecule has 0 radical (unpaired) electrons. The summed E-state index contributed by atoms with van der Waals surface area (Å²) in [4.78, 5) is 9.16. The fraction of sp³-hybridized carbons (Fsp3) is 0.100. The van der Waals surface area contributed by atoms with Crippen molar-refractivity contribution in [1.29, 1.82) is 0 Å². The molecule has 0 aliphatic carbocycles. The third-order valence-corrected chi connectivity index (χ3v) is 4.95. The highest BCUT2D eigenvalue weighted by molar-refractivity contribution is 9.10. The van der Waals surface area contributed by atoms with Crippen LogP contribution >= 0.6 is 15.9 Å².